The number of nitrogens with zero attached hydrogens (tertiary/aromatic N) is 1. The van der Waals surface area contributed by atoms with E-state index in [1.54, 1.807) is 61.6 Å². The molecule has 0 unspecified atom stereocenters. The van der Waals surface area contributed by atoms with Gasteiger partial charge in [0, 0.05) is 17.0 Å². The normalized spacial score (nSPS) is 10.8. The second-order valence-corrected chi connectivity index (χ2v) is 9.22. The Hall–Kier alpha value is -2.74. The molecule has 0 spiro atoms. The Balaban J connectivity index is 1.49. The summed E-state index contributed by atoms with van der Waals surface area (Å²) in [5.74, 6) is 2.07. The van der Waals surface area contributed by atoms with Gasteiger partial charge in [-0.15, -0.1) is 11.3 Å². The average Bonchev–Trinajstić information content (AvgIpc) is 3.20. The van der Waals surface area contributed by atoms with E-state index in [1.165, 1.54) is 0 Å². The Morgan fingerprint density at radius 3 is 2.71 bits per heavy atom. The fourth-order valence-electron chi connectivity index (χ4n) is 3.02. The molecule has 4 aromatic rings. The number of nitrogens with one attached hydrogen (secondary N) is 1. The number of hydrogen-bond donors (Lipinski definition) is 1. The zero-order valence-electron chi connectivity index (χ0n) is 16.8. The van der Waals surface area contributed by atoms with Crippen LogP contribution in [0.4, 0.5) is 5.69 Å². The number of fused-ring (bicyclic) bond motifs is 1. The Morgan fingerprint density at radius 2 is 1.94 bits per heavy atom. The monoisotopic (exact) mass is 470 g/mol. The summed E-state index contributed by atoms with van der Waals surface area (Å²) < 4.78 is 12.7. The highest BCUT2D eigenvalue weighted by Crippen LogP contribution is 2.35. The fraction of sp³-hybridized carbons (Fsp3) is 0.130. The highest BCUT2D eigenvalue weighted by Gasteiger charge is 2.12. The van der Waals surface area contributed by atoms with E-state index >= 15 is 0 Å². The van der Waals surface area contributed by atoms with Crippen LogP contribution in [0.3, 0.4) is 0 Å². The molecule has 0 bridgehead atoms. The molecule has 31 heavy (non-hydrogen) atoms. The average molecular weight is 471 g/mol. The molecule has 0 saturated carbocycles. The number of methoxy groups -OCH3 is 2. The van der Waals surface area contributed by atoms with Gasteiger partial charge in [-0.3, -0.25) is 4.79 Å². The van der Waals surface area contributed by atoms with E-state index in [4.69, 9.17) is 26.1 Å². The van der Waals surface area contributed by atoms with E-state index in [0.29, 0.717) is 22.0 Å². The van der Waals surface area contributed by atoms with Crippen LogP contribution in [0.15, 0.2) is 65.0 Å². The van der Waals surface area contributed by atoms with Crippen molar-refractivity contribution in [3.8, 4) is 11.5 Å². The number of thioether (sulfide) groups is 1. The Morgan fingerprint density at radius 1 is 1.10 bits per heavy atom. The number of aromatic nitrogens is 1. The molecule has 0 saturated heterocycles. The van der Waals surface area contributed by atoms with Crippen molar-refractivity contribution in [2.45, 2.75) is 10.1 Å². The van der Waals surface area contributed by atoms with Crippen molar-refractivity contribution in [1.29, 1.82) is 0 Å². The smallest absolute Gasteiger partial charge is 0.257 e. The van der Waals surface area contributed by atoms with Gasteiger partial charge in [0.1, 0.15) is 11.5 Å². The molecule has 1 heterocycles. The molecule has 0 aliphatic heterocycles. The third kappa shape index (κ3) is 4.95. The minimum absolute atomic E-state index is 0.241. The van der Waals surface area contributed by atoms with Crippen LogP contribution >= 0.6 is 34.7 Å². The Kier molecular flexibility index (Phi) is 6.65. The molecule has 0 atom stereocenters. The number of carbonyl (C=O) groups is 1. The minimum atomic E-state index is -0.241. The van der Waals surface area contributed by atoms with Crippen LogP contribution in [0.1, 0.15) is 15.9 Å². The van der Waals surface area contributed by atoms with Gasteiger partial charge in [0.2, 0.25) is 0 Å². The molecular formula is C23H19ClN2O3S2. The van der Waals surface area contributed by atoms with E-state index in [0.717, 1.165) is 31.6 Å². The van der Waals surface area contributed by atoms with Gasteiger partial charge in [0.25, 0.3) is 5.91 Å². The summed E-state index contributed by atoms with van der Waals surface area (Å²) in [4.78, 5) is 17.2. The lowest BCUT2D eigenvalue weighted by Crippen LogP contribution is -2.12. The Labute approximate surface area is 193 Å². The lowest BCUT2D eigenvalue weighted by molar-refractivity contribution is 0.102. The predicted molar refractivity (Wildman–Crippen MR) is 128 cm³/mol. The molecule has 1 N–H and O–H groups in total. The summed E-state index contributed by atoms with van der Waals surface area (Å²) in [7, 11) is 3.31. The first-order valence-corrected chi connectivity index (χ1v) is 11.6. The van der Waals surface area contributed by atoms with Crippen molar-refractivity contribution in [2.75, 3.05) is 19.5 Å². The summed E-state index contributed by atoms with van der Waals surface area (Å²) in [5, 5.41) is 3.33. The van der Waals surface area contributed by atoms with Gasteiger partial charge in [0.05, 0.1) is 35.0 Å². The lowest BCUT2D eigenvalue weighted by atomic mass is 10.2. The molecule has 0 radical (unpaired) electrons. The first kappa shape index (κ1) is 21.5. The standard InChI is InChI=1S/C23H19ClN2O3S2/c1-28-16-8-10-20(29-2)14(11-16)13-30-23-26-19-9-7-15(12-21(19)31-23)25-22(27)17-5-3-4-6-18(17)24/h3-12H,13H2,1-2H3,(H,25,27). The molecule has 0 fully saturated rings. The van der Waals surface area contributed by atoms with E-state index in [1.807, 2.05) is 36.4 Å². The van der Waals surface area contributed by atoms with Gasteiger partial charge >= 0.3 is 0 Å². The summed E-state index contributed by atoms with van der Waals surface area (Å²) in [6.07, 6.45) is 0. The molecule has 5 nitrogen and oxygen atoms in total. The van der Waals surface area contributed by atoms with Crippen LogP contribution in [-0.2, 0) is 5.75 Å². The predicted octanol–water partition coefficient (Wildman–Crippen LogP) is 6.51. The van der Waals surface area contributed by atoms with Crippen molar-refractivity contribution in [3.63, 3.8) is 0 Å². The van der Waals surface area contributed by atoms with Crippen molar-refractivity contribution in [1.82, 2.24) is 4.98 Å². The fourth-order valence-corrected chi connectivity index (χ4v) is 5.33. The summed E-state index contributed by atoms with van der Waals surface area (Å²) in [5.41, 5.74) is 3.07. The maximum absolute atomic E-state index is 12.5. The third-order valence-electron chi connectivity index (χ3n) is 4.58. The van der Waals surface area contributed by atoms with Crippen molar-refractivity contribution < 1.29 is 14.3 Å². The van der Waals surface area contributed by atoms with Crippen LogP contribution in [0.5, 0.6) is 11.5 Å². The minimum Gasteiger partial charge on any atom is -0.497 e. The van der Waals surface area contributed by atoms with Gasteiger partial charge in [-0.2, -0.15) is 0 Å². The number of benzene rings is 3. The SMILES string of the molecule is COc1ccc(OC)c(CSc2nc3ccc(NC(=O)c4ccccc4Cl)cc3s2)c1. The first-order valence-electron chi connectivity index (χ1n) is 9.37. The number of rotatable bonds is 7. The lowest BCUT2D eigenvalue weighted by Gasteiger charge is -2.09. The van der Waals surface area contributed by atoms with E-state index in [9.17, 15) is 4.79 Å². The second-order valence-electron chi connectivity index (χ2n) is 6.56. The maximum atomic E-state index is 12.5. The van der Waals surface area contributed by atoms with Crippen molar-refractivity contribution in [3.05, 3.63) is 76.8 Å². The molecule has 0 aliphatic carbocycles. The topological polar surface area (TPSA) is 60.5 Å². The van der Waals surface area contributed by atoms with Crippen LogP contribution in [0, 0.1) is 0 Å². The van der Waals surface area contributed by atoms with Gasteiger partial charge in [0.15, 0.2) is 4.34 Å². The highest BCUT2D eigenvalue weighted by atomic mass is 35.5. The number of carbonyl (C=O) groups excluding carboxylic acids is 1. The molecule has 1 amide bonds. The van der Waals surface area contributed by atoms with Crippen LogP contribution < -0.4 is 14.8 Å². The summed E-state index contributed by atoms with van der Waals surface area (Å²) >= 11 is 9.34. The molecule has 4 rings (SSSR count). The van der Waals surface area contributed by atoms with Gasteiger partial charge in [-0.25, -0.2) is 4.98 Å². The van der Waals surface area contributed by atoms with Crippen LogP contribution in [0.25, 0.3) is 10.2 Å². The largest absolute Gasteiger partial charge is 0.497 e. The van der Waals surface area contributed by atoms with E-state index in [2.05, 4.69) is 5.32 Å². The second kappa shape index (κ2) is 9.60. The number of thiazole rings is 1. The number of halogens is 1. The summed E-state index contributed by atoms with van der Waals surface area (Å²) in [6, 6.07) is 18.4. The molecular weight excluding hydrogens is 452 g/mol. The van der Waals surface area contributed by atoms with Crippen molar-refractivity contribution in [2.24, 2.45) is 0 Å². The van der Waals surface area contributed by atoms with Gasteiger partial charge in [-0.05, 0) is 48.5 Å². The van der Waals surface area contributed by atoms with Gasteiger partial charge in [-0.1, -0.05) is 35.5 Å². The van der Waals surface area contributed by atoms with E-state index < -0.39 is 0 Å². The maximum Gasteiger partial charge on any atom is 0.257 e. The molecule has 8 heteroatoms. The quantitative estimate of drug-likeness (QED) is 0.312. The molecule has 158 valence electrons. The molecule has 3 aromatic carbocycles. The van der Waals surface area contributed by atoms with Crippen LogP contribution in [0.2, 0.25) is 5.02 Å². The Bertz CT molecular complexity index is 1240. The number of anilines is 1. The molecule has 0 aliphatic rings. The first-order chi connectivity index (χ1) is 15.1. The zero-order valence-corrected chi connectivity index (χ0v) is 19.2. The zero-order chi connectivity index (χ0) is 21.8. The summed E-state index contributed by atoms with van der Waals surface area (Å²) in [6.45, 7) is 0. The molecule has 1 aromatic heterocycles. The number of amides is 1. The number of ether oxygens (including phenoxy) is 2. The van der Waals surface area contributed by atoms with Gasteiger partial charge < -0.3 is 14.8 Å². The number of hydrogen-bond acceptors (Lipinski definition) is 6. The van der Waals surface area contributed by atoms with Crippen molar-refractivity contribution >= 4 is 56.5 Å². The van der Waals surface area contributed by atoms with Crippen LogP contribution in [-0.4, -0.2) is 25.1 Å². The third-order valence-corrected chi connectivity index (χ3v) is 7.12. The highest BCUT2D eigenvalue weighted by molar-refractivity contribution is 8.00. The van der Waals surface area contributed by atoms with E-state index in [-0.39, 0.29) is 5.91 Å².